The van der Waals surface area contributed by atoms with E-state index in [-0.39, 0.29) is 18.0 Å². The summed E-state index contributed by atoms with van der Waals surface area (Å²) in [4.78, 5) is 27.3. The number of unbranched alkanes of at least 4 members (excludes halogenated alkanes) is 17. The van der Waals surface area contributed by atoms with Crippen molar-refractivity contribution in [1.82, 2.24) is 4.90 Å². The number of hydrogen-bond donors (Lipinski definition) is 0. The van der Waals surface area contributed by atoms with E-state index in [0.717, 1.165) is 57.7 Å². The molecule has 0 aromatic carbocycles. The average Bonchev–Trinajstić information content (AvgIpc) is 3.81. The van der Waals surface area contributed by atoms with Crippen molar-refractivity contribution in [3.05, 3.63) is 0 Å². The quantitative estimate of drug-likeness (QED) is 0.0505. The summed E-state index contributed by atoms with van der Waals surface area (Å²) in [5.74, 6) is 1.45. The molecule has 0 bridgehead atoms. The molecule has 1 saturated carbocycles. The fourth-order valence-electron chi connectivity index (χ4n) is 6.80. The maximum absolute atomic E-state index is 12.7. The summed E-state index contributed by atoms with van der Waals surface area (Å²) >= 11 is 0. The molecule has 2 atom stereocenters. The third kappa shape index (κ3) is 25.9. The summed E-state index contributed by atoms with van der Waals surface area (Å²) in [7, 11) is 0. The lowest BCUT2D eigenvalue weighted by atomic mass is 10.0. The second-order valence-electron chi connectivity index (χ2n) is 14.6. The molecule has 5 heteroatoms. The van der Waals surface area contributed by atoms with Gasteiger partial charge in [-0.1, -0.05) is 143 Å². The van der Waals surface area contributed by atoms with Crippen molar-refractivity contribution in [3.63, 3.8) is 0 Å². The van der Waals surface area contributed by atoms with E-state index in [2.05, 4.69) is 32.6 Å². The van der Waals surface area contributed by atoms with Crippen LogP contribution >= 0.6 is 0 Å². The second kappa shape index (κ2) is 31.2. The Balaban J connectivity index is 2.09. The van der Waals surface area contributed by atoms with Crippen LogP contribution in [0.15, 0.2) is 0 Å². The van der Waals surface area contributed by atoms with Crippen molar-refractivity contribution >= 4 is 11.9 Å². The summed E-state index contributed by atoms with van der Waals surface area (Å²) in [6, 6.07) is 0. The molecule has 0 saturated heterocycles. The molecule has 0 N–H and O–H groups in total. The van der Waals surface area contributed by atoms with Crippen LogP contribution < -0.4 is 0 Å². The molecule has 0 radical (unpaired) electrons. The predicted molar refractivity (Wildman–Crippen MR) is 196 cm³/mol. The Morgan fingerprint density at radius 1 is 0.565 bits per heavy atom. The van der Waals surface area contributed by atoms with Gasteiger partial charge in [0.1, 0.15) is 6.10 Å². The van der Waals surface area contributed by atoms with Crippen LogP contribution in [0, 0.1) is 11.8 Å². The highest BCUT2D eigenvalue weighted by molar-refractivity contribution is 5.69. The summed E-state index contributed by atoms with van der Waals surface area (Å²) in [6.45, 7) is 12.7. The fourth-order valence-corrected chi connectivity index (χ4v) is 6.80. The summed E-state index contributed by atoms with van der Waals surface area (Å²) in [5, 5.41) is 0. The van der Waals surface area contributed by atoms with Crippen molar-refractivity contribution in [2.24, 2.45) is 11.8 Å². The Hall–Kier alpha value is -1.10. The van der Waals surface area contributed by atoms with E-state index in [1.807, 2.05) is 0 Å². The number of nitrogens with zero attached hydrogens (tertiary/aromatic N) is 1. The summed E-state index contributed by atoms with van der Waals surface area (Å²) < 4.78 is 11.6. The van der Waals surface area contributed by atoms with Gasteiger partial charge in [0.15, 0.2) is 0 Å². The first kappa shape index (κ1) is 42.9. The number of carbonyl (C=O) groups excluding carboxylic acids is 2. The van der Waals surface area contributed by atoms with Gasteiger partial charge in [-0.3, -0.25) is 9.59 Å². The lowest BCUT2D eigenvalue weighted by Gasteiger charge is -2.20. The van der Waals surface area contributed by atoms with Crippen LogP contribution in [-0.4, -0.2) is 49.2 Å². The molecule has 1 aliphatic carbocycles. The first-order valence-corrected chi connectivity index (χ1v) is 20.6. The Morgan fingerprint density at radius 2 is 1.07 bits per heavy atom. The summed E-state index contributed by atoms with van der Waals surface area (Å²) in [5.41, 5.74) is 0. The van der Waals surface area contributed by atoms with Crippen molar-refractivity contribution in [2.75, 3.05) is 26.2 Å². The van der Waals surface area contributed by atoms with Crippen LogP contribution in [0.4, 0.5) is 0 Å². The molecule has 0 heterocycles. The molecular formula is C41H79NO4. The molecular weight excluding hydrogens is 570 g/mol. The van der Waals surface area contributed by atoms with Crippen molar-refractivity contribution in [2.45, 2.75) is 214 Å². The normalized spacial score (nSPS) is 16.0. The zero-order chi connectivity index (χ0) is 33.5. The van der Waals surface area contributed by atoms with Crippen LogP contribution in [-0.2, 0) is 19.1 Å². The number of rotatable bonds is 35. The van der Waals surface area contributed by atoms with E-state index in [4.69, 9.17) is 9.47 Å². The van der Waals surface area contributed by atoms with Crippen LogP contribution in [0.5, 0.6) is 0 Å². The van der Waals surface area contributed by atoms with Crippen molar-refractivity contribution < 1.29 is 19.1 Å². The van der Waals surface area contributed by atoms with E-state index in [1.54, 1.807) is 0 Å². The molecule has 5 nitrogen and oxygen atoms in total. The molecule has 0 aliphatic heterocycles. The van der Waals surface area contributed by atoms with Gasteiger partial charge in [-0.05, 0) is 82.8 Å². The lowest BCUT2D eigenvalue weighted by molar-refractivity contribution is -0.150. The van der Waals surface area contributed by atoms with Gasteiger partial charge in [-0.25, -0.2) is 0 Å². The maximum Gasteiger partial charge on any atom is 0.306 e. The zero-order valence-corrected chi connectivity index (χ0v) is 31.4. The fraction of sp³-hybridized carbons (Fsp3) is 0.951. The molecule has 0 amide bonds. The minimum absolute atomic E-state index is 0.0117. The second-order valence-corrected chi connectivity index (χ2v) is 14.6. The Kier molecular flexibility index (Phi) is 29.1. The highest BCUT2D eigenvalue weighted by Gasteiger charge is 2.37. The van der Waals surface area contributed by atoms with Gasteiger partial charge in [-0.15, -0.1) is 0 Å². The SMILES string of the molecule is CCCCCCCCC(CCCCCCCC)OC(=O)CCCCCCCN(CC)CCCC(=O)OCC1CC1CCCCCC. The minimum Gasteiger partial charge on any atom is -0.465 e. The number of hydrogen-bond acceptors (Lipinski definition) is 5. The topological polar surface area (TPSA) is 55.8 Å². The smallest absolute Gasteiger partial charge is 0.306 e. The van der Waals surface area contributed by atoms with Gasteiger partial charge in [0.05, 0.1) is 6.61 Å². The molecule has 0 spiro atoms. The Morgan fingerprint density at radius 3 is 1.67 bits per heavy atom. The van der Waals surface area contributed by atoms with E-state index in [9.17, 15) is 9.59 Å². The Labute approximate surface area is 287 Å². The molecule has 2 unspecified atom stereocenters. The molecule has 0 aromatic heterocycles. The highest BCUT2D eigenvalue weighted by Crippen LogP contribution is 2.42. The van der Waals surface area contributed by atoms with Crippen LogP contribution in [0.25, 0.3) is 0 Å². The minimum atomic E-state index is -0.0117. The van der Waals surface area contributed by atoms with Gasteiger partial charge in [-0.2, -0.15) is 0 Å². The highest BCUT2D eigenvalue weighted by atomic mass is 16.5. The Bertz CT molecular complexity index is 682. The van der Waals surface area contributed by atoms with E-state index >= 15 is 0 Å². The van der Waals surface area contributed by atoms with Gasteiger partial charge in [0, 0.05) is 12.8 Å². The molecule has 46 heavy (non-hydrogen) atoms. The lowest BCUT2D eigenvalue weighted by Crippen LogP contribution is -2.26. The molecule has 0 aromatic rings. The van der Waals surface area contributed by atoms with Crippen LogP contribution in [0.1, 0.15) is 207 Å². The molecule has 272 valence electrons. The first-order chi connectivity index (χ1) is 22.5. The predicted octanol–water partition coefficient (Wildman–Crippen LogP) is 12.0. The van der Waals surface area contributed by atoms with Gasteiger partial charge < -0.3 is 14.4 Å². The number of ether oxygens (including phenoxy) is 2. The van der Waals surface area contributed by atoms with Gasteiger partial charge >= 0.3 is 11.9 Å². The average molecular weight is 650 g/mol. The first-order valence-electron chi connectivity index (χ1n) is 20.6. The summed E-state index contributed by atoms with van der Waals surface area (Å²) in [6.07, 6.45) is 33.2. The third-order valence-electron chi connectivity index (χ3n) is 10.2. The monoisotopic (exact) mass is 650 g/mol. The van der Waals surface area contributed by atoms with E-state index in [1.165, 1.54) is 135 Å². The van der Waals surface area contributed by atoms with Gasteiger partial charge in [0.2, 0.25) is 0 Å². The molecule has 1 aliphatic rings. The standard InChI is InChI=1S/C41H79NO4/c1-5-9-12-15-18-23-29-39(30-24-19-16-13-10-6-2)46-41(44)31-25-20-17-21-26-33-42(8-4)34-27-32-40(43)45-36-38-35-37(38)28-22-14-11-7-3/h37-39H,5-36H2,1-4H3. The van der Waals surface area contributed by atoms with Gasteiger partial charge in [0.25, 0.3) is 0 Å². The number of carbonyl (C=O) groups is 2. The zero-order valence-electron chi connectivity index (χ0n) is 31.4. The largest absolute Gasteiger partial charge is 0.465 e. The maximum atomic E-state index is 12.7. The third-order valence-corrected chi connectivity index (χ3v) is 10.2. The van der Waals surface area contributed by atoms with Crippen LogP contribution in [0.2, 0.25) is 0 Å². The molecule has 1 rings (SSSR count). The van der Waals surface area contributed by atoms with Crippen molar-refractivity contribution in [1.29, 1.82) is 0 Å². The van der Waals surface area contributed by atoms with E-state index < -0.39 is 0 Å². The van der Waals surface area contributed by atoms with Crippen molar-refractivity contribution in [3.8, 4) is 0 Å². The van der Waals surface area contributed by atoms with Crippen LogP contribution in [0.3, 0.4) is 0 Å². The molecule has 1 fully saturated rings. The van der Waals surface area contributed by atoms with E-state index in [0.29, 0.717) is 25.4 Å². The number of esters is 2.